The van der Waals surface area contributed by atoms with Crippen LogP contribution in [0.25, 0.3) is 42.8 Å². The smallest absolute Gasteiger partial charge is 0.0349 e. The summed E-state index contributed by atoms with van der Waals surface area (Å²) < 4.78 is 0. The first-order chi connectivity index (χ1) is 13.4. The van der Waals surface area contributed by atoms with Gasteiger partial charge in [-0.1, -0.05) is 97.1 Å². The molecule has 0 bridgehead atoms. The van der Waals surface area contributed by atoms with E-state index in [4.69, 9.17) is 0 Å². The van der Waals surface area contributed by atoms with Gasteiger partial charge in [0, 0.05) is 9.75 Å². The summed E-state index contributed by atoms with van der Waals surface area (Å²) in [6.45, 7) is 0. The molecule has 0 saturated heterocycles. The number of thiophene rings is 1. The minimum Gasteiger partial charge on any atom is -0.135 e. The van der Waals surface area contributed by atoms with Gasteiger partial charge >= 0.3 is 0 Å². The Morgan fingerprint density at radius 1 is 0.407 bits per heavy atom. The Bertz CT molecular complexity index is 1190. The third kappa shape index (κ3) is 3.07. The number of benzene rings is 4. The largest absolute Gasteiger partial charge is 0.135 e. The highest BCUT2D eigenvalue weighted by atomic mass is 32.1. The quantitative estimate of drug-likeness (QED) is 0.306. The Balaban J connectivity index is 1.50. The standard InChI is InChI=1S/C26H18S/c1-2-8-21(9-3-1)25-17-18-26(27-25)22-15-13-20(14-16-22)24-12-6-10-19-7-4-5-11-23(19)24/h1-18H. The summed E-state index contributed by atoms with van der Waals surface area (Å²) in [4.78, 5) is 2.61. The minimum atomic E-state index is 1.26. The third-order valence-electron chi connectivity index (χ3n) is 4.93. The summed E-state index contributed by atoms with van der Waals surface area (Å²) in [5.41, 5.74) is 5.10. The molecule has 5 aromatic rings. The molecule has 0 aliphatic heterocycles. The van der Waals surface area contributed by atoms with E-state index in [0.717, 1.165) is 0 Å². The molecule has 1 aromatic heterocycles. The van der Waals surface area contributed by atoms with Crippen LogP contribution >= 0.6 is 11.3 Å². The van der Waals surface area contributed by atoms with Crippen molar-refractivity contribution in [1.29, 1.82) is 0 Å². The minimum absolute atomic E-state index is 1.26. The Labute approximate surface area is 163 Å². The normalized spacial score (nSPS) is 11.0. The highest BCUT2D eigenvalue weighted by molar-refractivity contribution is 7.18. The van der Waals surface area contributed by atoms with Crippen LogP contribution in [0.3, 0.4) is 0 Å². The fourth-order valence-corrected chi connectivity index (χ4v) is 4.56. The number of rotatable bonds is 3. The van der Waals surface area contributed by atoms with Crippen molar-refractivity contribution in [3.63, 3.8) is 0 Å². The van der Waals surface area contributed by atoms with E-state index < -0.39 is 0 Å². The molecule has 0 aliphatic carbocycles. The predicted octanol–water partition coefficient (Wildman–Crippen LogP) is 7.90. The van der Waals surface area contributed by atoms with Gasteiger partial charge in [-0.2, -0.15) is 0 Å². The van der Waals surface area contributed by atoms with Gasteiger partial charge in [-0.15, -0.1) is 11.3 Å². The molecular weight excluding hydrogens is 344 g/mol. The second-order valence-electron chi connectivity index (χ2n) is 6.63. The molecule has 0 atom stereocenters. The Hall–Kier alpha value is -3.16. The lowest BCUT2D eigenvalue weighted by Gasteiger charge is -2.07. The van der Waals surface area contributed by atoms with Crippen LogP contribution in [-0.2, 0) is 0 Å². The Kier molecular flexibility index (Phi) is 4.08. The summed E-state index contributed by atoms with van der Waals surface area (Å²) in [5, 5.41) is 2.58. The van der Waals surface area contributed by atoms with Crippen LogP contribution in [0.4, 0.5) is 0 Å². The molecular formula is C26H18S. The summed E-state index contributed by atoms with van der Waals surface area (Å²) in [6, 6.07) is 39.0. The molecule has 0 saturated carbocycles. The van der Waals surface area contributed by atoms with Crippen molar-refractivity contribution in [3.05, 3.63) is 109 Å². The molecule has 4 aromatic carbocycles. The van der Waals surface area contributed by atoms with Crippen molar-refractivity contribution in [2.75, 3.05) is 0 Å². The molecule has 0 radical (unpaired) electrons. The maximum atomic E-state index is 2.24. The number of hydrogen-bond donors (Lipinski definition) is 0. The van der Waals surface area contributed by atoms with E-state index in [1.165, 1.54) is 42.8 Å². The molecule has 1 heteroatoms. The summed E-state index contributed by atoms with van der Waals surface area (Å²) in [6.07, 6.45) is 0. The Morgan fingerprint density at radius 2 is 1.00 bits per heavy atom. The van der Waals surface area contributed by atoms with Crippen LogP contribution in [0.1, 0.15) is 0 Å². The van der Waals surface area contributed by atoms with E-state index in [9.17, 15) is 0 Å². The first-order valence-corrected chi connectivity index (χ1v) is 9.94. The van der Waals surface area contributed by atoms with Gasteiger partial charge in [0.2, 0.25) is 0 Å². The van der Waals surface area contributed by atoms with Crippen molar-refractivity contribution < 1.29 is 0 Å². The number of fused-ring (bicyclic) bond motifs is 1. The maximum absolute atomic E-state index is 2.24. The summed E-state index contributed by atoms with van der Waals surface area (Å²) in [5.74, 6) is 0. The lowest BCUT2D eigenvalue weighted by molar-refractivity contribution is 1.65. The molecule has 128 valence electrons. The van der Waals surface area contributed by atoms with Gasteiger partial charge in [-0.05, 0) is 45.2 Å². The fraction of sp³-hybridized carbons (Fsp3) is 0. The first-order valence-electron chi connectivity index (χ1n) is 9.12. The van der Waals surface area contributed by atoms with Crippen molar-refractivity contribution in [2.45, 2.75) is 0 Å². The van der Waals surface area contributed by atoms with E-state index >= 15 is 0 Å². The second-order valence-corrected chi connectivity index (χ2v) is 7.72. The van der Waals surface area contributed by atoms with Crippen molar-refractivity contribution in [2.24, 2.45) is 0 Å². The average molecular weight is 362 g/mol. The molecule has 27 heavy (non-hydrogen) atoms. The molecule has 0 spiro atoms. The fourth-order valence-electron chi connectivity index (χ4n) is 3.54. The number of hydrogen-bond acceptors (Lipinski definition) is 1. The Morgan fingerprint density at radius 3 is 1.78 bits per heavy atom. The zero-order valence-electron chi connectivity index (χ0n) is 14.8. The molecule has 0 N–H and O–H groups in total. The highest BCUT2D eigenvalue weighted by Gasteiger charge is 2.07. The lowest BCUT2D eigenvalue weighted by atomic mass is 9.97. The van der Waals surface area contributed by atoms with Crippen molar-refractivity contribution in [3.8, 4) is 32.0 Å². The van der Waals surface area contributed by atoms with Crippen molar-refractivity contribution >= 4 is 22.1 Å². The van der Waals surface area contributed by atoms with E-state index in [2.05, 4.69) is 109 Å². The molecule has 5 rings (SSSR count). The van der Waals surface area contributed by atoms with Crippen LogP contribution in [-0.4, -0.2) is 0 Å². The summed E-state index contributed by atoms with van der Waals surface area (Å²) >= 11 is 1.84. The monoisotopic (exact) mass is 362 g/mol. The van der Waals surface area contributed by atoms with Gasteiger partial charge in [0.25, 0.3) is 0 Å². The highest BCUT2D eigenvalue weighted by Crippen LogP contribution is 2.36. The van der Waals surface area contributed by atoms with Gasteiger partial charge in [0.15, 0.2) is 0 Å². The molecule has 0 unspecified atom stereocenters. The van der Waals surface area contributed by atoms with Crippen LogP contribution < -0.4 is 0 Å². The summed E-state index contributed by atoms with van der Waals surface area (Å²) in [7, 11) is 0. The van der Waals surface area contributed by atoms with Gasteiger partial charge in [-0.25, -0.2) is 0 Å². The zero-order chi connectivity index (χ0) is 18.1. The third-order valence-corrected chi connectivity index (χ3v) is 6.12. The first kappa shape index (κ1) is 16.0. The van der Waals surface area contributed by atoms with Gasteiger partial charge < -0.3 is 0 Å². The zero-order valence-corrected chi connectivity index (χ0v) is 15.6. The molecule has 0 fully saturated rings. The van der Waals surface area contributed by atoms with Crippen LogP contribution in [0.2, 0.25) is 0 Å². The maximum Gasteiger partial charge on any atom is 0.0349 e. The van der Waals surface area contributed by atoms with Crippen LogP contribution in [0.15, 0.2) is 109 Å². The van der Waals surface area contributed by atoms with E-state index in [1.807, 2.05) is 11.3 Å². The van der Waals surface area contributed by atoms with Crippen LogP contribution in [0.5, 0.6) is 0 Å². The van der Waals surface area contributed by atoms with E-state index in [-0.39, 0.29) is 0 Å². The average Bonchev–Trinajstić information content (AvgIpc) is 3.24. The molecule has 0 aliphatic rings. The molecule has 1 heterocycles. The molecule has 0 amide bonds. The van der Waals surface area contributed by atoms with Gasteiger partial charge in [0.1, 0.15) is 0 Å². The van der Waals surface area contributed by atoms with E-state index in [0.29, 0.717) is 0 Å². The van der Waals surface area contributed by atoms with Gasteiger partial charge in [0.05, 0.1) is 0 Å². The molecule has 0 nitrogen and oxygen atoms in total. The van der Waals surface area contributed by atoms with E-state index in [1.54, 1.807) is 0 Å². The van der Waals surface area contributed by atoms with Crippen LogP contribution in [0, 0.1) is 0 Å². The lowest BCUT2D eigenvalue weighted by Crippen LogP contribution is -1.81. The second kappa shape index (κ2) is 6.86. The van der Waals surface area contributed by atoms with Crippen molar-refractivity contribution in [1.82, 2.24) is 0 Å². The topological polar surface area (TPSA) is 0 Å². The SMILES string of the molecule is c1ccc(-c2ccc(-c3ccc(-c4cccc5ccccc45)cc3)s2)cc1. The predicted molar refractivity (Wildman–Crippen MR) is 118 cm³/mol. The van der Waals surface area contributed by atoms with Gasteiger partial charge in [-0.3, -0.25) is 0 Å².